The van der Waals surface area contributed by atoms with Gasteiger partial charge in [0, 0.05) is 51.7 Å². The quantitative estimate of drug-likeness (QED) is 0.836. The molecule has 0 aromatic heterocycles. The molecule has 4 heteroatoms. The summed E-state index contributed by atoms with van der Waals surface area (Å²) in [6.07, 6.45) is 2.23. The lowest BCUT2D eigenvalue weighted by atomic mass is 9.98. The number of hydrogen-bond acceptors (Lipinski definition) is 3. The predicted molar refractivity (Wildman–Crippen MR) is 88.7 cm³/mol. The van der Waals surface area contributed by atoms with Gasteiger partial charge >= 0.3 is 0 Å². The zero-order chi connectivity index (χ0) is 15.5. The average molecular weight is 301 g/mol. The molecule has 0 spiro atoms. The Morgan fingerprint density at radius 3 is 2.36 bits per heavy atom. The van der Waals surface area contributed by atoms with Crippen LogP contribution in [0.3, 0.4) is 0 Å². The maximum Gasteiger partial charge on any atom is 0.219 e. The third-order valence-corrected chi connectivity index (χ3v) is 5.29. The molecule has 22 heavy (non-hydrogen) atoms. The van der Waals surface area contributed by atoms with Crippen molar-refractivity contribution in [1.29, 1.82) is 0 Å². The summed E-state index contributed by atoms with van der Waals surface area (Å²) in [5, 5.41) is 0. The smallest absolute Gasteiger partial charge is 0.219 e. The molecule has 3 rings (SSSR count). The highest BCUT2D eigenvalue weighted by atomic mass is 16.2. The summed E-state index contributed by atoms with van der Waals surface area (Å²) in [5.41, 5.74) is 1.41. The Labute approximate surface area is 133 Å². The molecule has 0 radical (unpaired) electrons. The molecular formula is C18H27N3O. The van der Waals surface area contributed by atoms with Crippen LogP contribution in [0.2, 0.25) is 0 Å². The maximum absolute atomic E-state index is 11.5. The van der Waals surface area contributed by atoms with Gasteiger partial charge in [0.2, 0.25) is 5.91 Å². The average Bonchev–Trinajstić information content (AvgIpc) is 2.56. The molecule has 0 N–H and O–H groups in total. The Morgan fingerprint density at radius 1 is 1.05 bits per heavy atom. The predicted octanol–water partition coefficient (Wildman–Crippen LogP) is 1.99. The summed E-state index contributed by atoms with van der Waals surface area (Å²) < 4.78 is 0. The second-order valence-electron chi connectivity index (χ2n) is 6.64. The van der Waals surface area contributed by atoms with Crippen molar-refractivity contribution in [3.05, 3.63) is 35.9 Å². The molecule has 1 amide bonds. The highest BCUT2D eigenvalue weighted by Gasteiger charge is 2.31. The van der Waals surface area contributed by atoms with Gasteiger partial charge in [-0.1, -0.05) is 30.3 Å². The highest BCUT2D eigenvalue weighted by molar-refractivity contribution is 5.73. The van der Waals surface area contributed by atoms with Crippen LogP contribution in [0.25, 0.3) is 0 Å². The van der Waals surface area contributed by atoms with Gasteiger partial charge in [-0.05, 0) is 25.5 Å². The van der Waals surface area contributed by atoms with Crippen molar-refractivity contribution in [2.75, 3.05) is 39.8 Å². The first kappa shape index (κ1) is 15.5. The highest BCUT2D eigenvalue weighted by Crippen LogP contribution is 2.27. The zero-order valence-electron chi connectivity index (χ0n) is 13.7. The molecule has 0 saturated carbocycles. The Hall–Kier alpha value is -1.39. The summed E-state index contributed by atoms with van der Waals surface area (Å²) >= 11 is 0. The number of benzene rings is 1. The SMILES string of the molecule is CC(=O)N1CCC(N2CCN(C)C(c3ccccc3)C2)CC1. The minimum Gasteiger partial charge on any atom is -0.343 e. The van der Waals surface area contributed by atoms with E-state index in [0.29, 0.717) is 12.1 Å². The van der Waals surface area contributed by atoms with Crippen molar-refractivity contribution in [1.82, 2.24) is 14.7 Å². The van der Waals surface area contributed by atoms with E-state index in [1.165, 1.54) is 5.56 Å². The number of amides is 1. The van der Waals surface area contributed by atoms with E-state index >= 15 is 0 Å². The van der Waals surface area contributed by atoms with Gasteiger partial charge in [-0.25, -0.2) is 0 Å². The number of carbonyl (C=O) groups excluding carboxylic acids is 1. The van der Waals surface area contributed by atoms with Gasteiger partial charge in [0.05, 0.1) is 0 Å². The topological polar surface area (TPSA) is 26.8 Å². The second kappa shape index (κ2) is 6.80. The van der Waals surface area contributed by atoms with Gasteiger partial charge in [0.1, 0.15) is 0 Å². The van der Waals surface area contributed by atoms with Crippen molar-refractivity contribution in [3.8, 4) is 0 Å². The third-order valence-electron chi connectivity index (χ3n) is 5.29. The number of likely N-dealkylation sites (tertiary alicyclic amines) is 1. The summed E-state index contributed by atoms with van der Waals surface area (Å²) in [6, 6.07) is 11.9. The molecule has 1 unspecified atom stereocenters. The summed E-state index contributed by atoms with van der Waals surface area (Å²) in [7, 11) is 2.23. The molecule has 2 aliphatic heterocycles. The Kier molecular flexibility index (Phi) is 4.79. The van der Waals surface area contributed by atoms with Crippen LogP contribution in [0, 0.1) is 0 Å². The van der Waals surface area contributed by atoms with Gasteiger partial charge in [0.25, 0.3) is 0 Å². The van der Waals surface area contributed by atoms with Gasteiger partial charge in [-0.2, -0.15) is 0 Å². The molecule has 1 aromatic carbocycles. The summed E-state index contributed by atoms with van der Waals surface area (Å²) in [5.74, 6) is 0.221. The molecule has 2 heterocycles. The van der Waals surface area contributed by atoms with E-state index in [0.717, 1.165) is 45.6 Å². The molecule has 1 atom stereocenters. The van der Waals surface area contributed by atoms with Crippen LogP contribution < -0.4 is 0 Å². The Morgan fingerprint density at radius 2 is 1.73 bits per heavy atom. The van der Waals surface area contributed by atoms with E-state index in [4.69, 9.17) is 0 Å². The molecule has 4 nitrogen and oxygen atoms in total. The van der Waals surface area contributed by atoms with Crippen LogP contribution in [0.1, 0.15) is 31.4 Å². The van der Waals surface area contributed by atoms with Gasteiger partial charge in [-0.15, -0.1) is 0 Å². The molecule has 2 fully saturated rings. The van der Waals surface area contributed by atoms with Crippen molar-refractivity contribution < 1.29 is 4.79 Å². The van der Waals surface area contributed by atoms with E-state index < -0.39 is 0 Å². The third kappa shape index (κ3) is 3.33. The number of carbonyl (C=O) groups is 1. The van der Waals surface area contributed by atoms with E-state index in [2.05, 4.69) is 47.2 Å². The fourth-order valence-electron chi connectivity index (χ4n) is 3.81. The minimum absolute atomic E-state index is 0.221. The van der Waals surface area contributed by atoms with E-state index in [-0.39, 0.29) is 5.91 Å². The molecule has 2 saturated heterocycles. The first-order chi connectivity index (χ1) is 10.6. The lowest BCUT2D eigenvalue weighted by molar-refractivity contribution is -0.130. The minimum atomic E-state index is 0.221. The Bertz CT molecular complexity index is 496. The lowest BCUT2D eigenvalue weighted by Gasteiger charge is -2.45. The van der Waals surface area contributed by atoms with E-state index in [1.807, 2.05) is 4.90 Å². The molecular weight excluding hydrogens is 274 g/mol. The van der Waals surface area contributed by atoms with Crippen molar-refractivity contribution >= 4 is 5.91 Å². The van der Waals surface area contributed by atoms with Gasteiger partial charge in [0.15, 0.2) is 0 Å². The monoisotopic (exact) mass is 301 g/mol. The zero-order valence-corrected chi connectivity index (χ0v) is 13.7. The largest absolute Gasteiger partial charge is 0.343 e. The standard InChI is InChI=1S/C18H27N3O/c1-15(22)20-10-8-17(9-11-20)21-13-12-19(2)18(14-21)16-6-4-3-5-7-16/h3-7,17-18H,8-14H2,1-2H3. The fraction of sp³-hybridized carbons (Fsp3) is 0.611. The first-order valence-corrected chi connectivity index (χ1v) is 8.40. The number of rotatable bonds is 2. The van der Waals surface area contributed by atoms with Crippen LogP contribution >= 0.6 is 0 Å². The molecule has 2 aliphatic rings. The number of nitrogens with zero attached hydrogens (tertiary/aromatic N) is 3. The molecule has 0 aliphatic carbocycles. The number of hydrogen-bond donors (Lipinski definition) is 0. The van der Waals surface area contributed by atoms with Crippen molar-refractivity contribution in [3.63, 3.8) is 0 Å². The molecule has 0 bridgehead atoms. The van der Waals surface area contributed by atoms with Crippen LogP contribution in [-0.4, -0.2) is 66.4 Å². The van der Waals surface area contributed by atoms with Crippen LogP contribution in [-0.2, 0) is 4.79 Å². The second-order valence-corrected chi connectivity index (χ2v) is 6.64. The fourth-order valence-corrected chi connectivity index (χ4v) is 3.81. The maximum atomic E-state index is 11.5. The van der Waals surface area contributed by atoms with E-state index in [9.17, 15) is 4.79 Å². The Balaban J connectivity index is 1.63. The molecule has 120 valence electrons. The molecule has 1 aromatic rings. The van der Waals surface area contributed by atoms with E-state index in [1.54, 1.807) is 6.92 Å². The van der Waals surface area contributed by atoms with Crippen LogP contribution in [0.5, 0.6) is 0 Å². The van der Waals surface area contributed by atoms with Crippen LogP contribution in [0.4, 0.5) is 0 Å². The van der Waals surface area contributed by atoms with Gasteiger partial charge < -0.3 is 4.90 Å². The number of likely N-dealkylation sites (N-methyl/N-ethyl adjacent to an activating group) is 1. The number of piperidine rings is 1. The van der Waals surface area contributed by atoms with Crippen molar-refractivity contribution in [2.45, 2.75) is 31.8 Å². The first-order valence-electron chi connectivity index (χ1n) is 8.40. The van der Waals surface area contributed by atoms with Crippen molar-refractivity contribution in [2.24, 2.45) is 0 Å². The number of piperazine rings is 1. The summed E-state index contributed by atoms with van der Waals surface area (Å²) in [6.45, 7) is 6.88. The lowest BCUT2D eigenvalue weighted by Crippen LogP contribution is -2.53. The normalized spacial score (nSPS) is 25.4. The van der Waals surface area contributed by atoms with Gasteiger partial charge in [-0.3, -0.25) is 14.6 Å². The van der Waals surface area contributed by atoms with Crippen LogP contribution in [0.15, 0.2) is 30.3 Å². The summed E-state index contributed by atoms with van der Waals surface area (Å²) in [4.78, 5) is 18.6.